The van der Waals surface area contributed by atoms with Gasteiger partial charge in [0.25, 0.3) is 0 Å². The molecule has 0 spiro atoms. The summed E-state index contributed by atoms with van der Waals surface area (Å²) in [5.74, 6) is -2.18. The third kappa shape index (κ3) is 5.85. The molecule has 1 heterocycles. The maximum Gasteiger partial charge on any atom is 0.322 e. The van der Waals surface area contributed by atoms with Crippen molar-refractivity contribution in [3.05, 3.63) is 65.6 Å². The zero-order valence-corrected chi connectivity index (χ0v) is 17.9. The molecule has 0 unspecified atom stereocenters. The van der Waals surface area contributed by atoms with Crippen LogP contribution in [-0.4, -0.2) is 53.2 Å². The summed E-state index contributed by atoms with van der Waals surface area (Å²) >= 11 is 0. The minimum Gasteiger partial charge on any atom is -0.508 e. The molecule has 166 valence electrons. The molecule has 1 amide bonds. The number of likely N-dealkylation sites (tertiary alicyclic amines) is 1. The summed E-state index contributed by atoms with van der Waals surface area (Å²) in [5, 5.41) is 21.3. The number of piperidine rings is 1. The summed E-state index contributed by atoms with van der Waals surface area (Å²) < 4.78 is 40.1. The topological polar surface area (TPSA) is 89.9 Å². The number of aliphatic carboxylic acids is 1. The monoisotopic (exact) mass is 429 g/mol. The van der Waals surface area contributed by atoms with E-state index in [4.69, 9.17) is 12.0 Å². The Bertz CT molecular complexity index is 1130. The third-order valence-corrected chi connectivity index (χ3v) is 6.34. The van der Waals surface area contributed by atoms with Crippen LogP contribution in [0.4, 0.5) is 0 Å². The molecule has 1 aliphatic heterocycles. The van der Waals surface area contributed by atoms with E-state index < -0.39 is 42.5 Å². The first-order valence-corrected chi connectivity index (χ1v) is 10.4. The lowest BCUT2D eigenvalue weighted by Crippen LogP contribution is -2.50. The number of nitrogens with one attached hydrogen (secondary N) is 1. The van der Waals surface area contributed by atoms with E-state index in [1.807, 2.05) is 12.1 Å². The number of amides is 1. The number of hydrogen-bond acceptors (Lipinski definition) is 4. The molecular weight excluding hydrogens is 392 g/mol. The maximum absolute atomic E-state index is 13.0. The summed E-state index contributed by atoms with van der Waals surface area (Å²) in [4.78, 5) is 26.1. The van der Waals surface area contributed by atoms with Gasteiger partial charge >= 0.3 is 5.97 Å². The van der Waals surface area contributed by atoms with Crippen molar-refractivity contribution < 1.29 is 26.7 Å². The summed E-state index contributed by atoms with van der Waals surface area (Å²) in [7, 11) is 0. The minimum atomic E-state index is -1.20. The van der Waals surface area contributed by atoms with E-state index in [0.717, 1.165) is 12.0 Å². The summed E-state index contributed by atoms with van der Waals surface area (Å²) in [5.41, 5.74) is 0.874. The highest BCUT2D eigenvalue weighted by molar-refractivity contribution is 5.83. The van der Waals surface area contributed by atoms with Crippen molar-refractivity contribution in [1.29, 1.82) is 0 Å². The molecule has 1 saturated heterocycles. The number of carboxylic acids is 1. The number of carboxylic acid groups (broad SMARTS) is 1. The number of aromatic hydroxyl groups is 1. The van der Waals surface area contributed by atoms with Crippen LogP contribution in [0.3, 0.4) is 0 Å². The summed E-state index contributed by atoms with van der Waals surface area (Å²) in [6.07, 6.45) is 0.644. The maximum atomic E-state index is 13.0. The van der Waals surface area contributed by atoms with Crippen molar-refractivity contribution in [2.24, 2.45) is 11.8 Å². The molecule has 1 aliphatic rings. The second-order valence-electron chi connectivity index (χ2n) is 8.49. The van der Waals surface area contributed by atoms with Gasteiger partial charge in [-0.15, -0.1) is 0 Å². The molecular formula is C25H32N2O4. The van der Waals surface area contributed by atoms with Crippen LogP contribution in [0.25, 0.3) is 0 Å². The smallest absolute Gasteiger partial charge is 0.322 e. The van der Waals surface area contributed by atoms with Crippen LogP contribution < -0.4 is 5.32 Å². The first-order valence-electron chi connectivity index (χ1n) is 12.9. The molecule has 0 radical (unpaired) electrons. The van der Waals surface area contributed by atoms with E-state index in [2.05, 4.69) is 24.1 Å². The molecule has 2 aromatic rings. The standard InChI is InChI=1S/C25H32N2O4/c1-18-16-27(12-11-25(18,2)21-9-6-10-22(28)14-21)17-20(24(31)26-15-23(29)30)13-19-7-4-3-5-8-19/h3-10,14,18,20,28H,11-13,15-17H2,1-2H3,(H,26,31)(H,29,30)/t18-,20-,25+/m0/s1/i3D,4D,5D,7D,8D. The molecule has 1 fully saturated rings. The van der Waals surface area contributed by atoms with E-state index in [1.165, 1.54) is 0 Å². The first-order chi connectivity index (χ1) is 16.8. The van der Waals surface area contributed by atoms with Crippen molar-refractivity contribution >= 4 is 11.9 Å². The van der Waals surface area contributed by atoms with E-state index in [-0.39, 0.29) is 47.7 Å². The summed E-state index contributed by atoms with van der Waals surface area (Å²) in [6, 6.07) is 5.05. The lowest BCUT2D eigenvalue weighted by atomic mass is 9.68. The van der Waals surface area contributed by atoms with Crippen LogP contribution in [0.2, 0.25) is 0 Å². The number of rotatable bonds is 8. The number of nitrogens with zero attached hydrogens (tertiary/aromatic N) is 1. The molecule has 0 bridgehead atoms. The SMILES string of the molecule is [2H]c1c([2H])c([2H])c(C[C@@H](CN2CC[C@@](C)(c3cccc(O)c3)[C@@H](C)C2)C(=O)NCC(=O)O)c([2H])c1[2H]. The average molecular weight is 430 g/mol. The molecule has 2 aromatic carbocycles. The molecule has 6 heteroatoms. The number of carbonyl (C=O) groups excluding carboxylic acids is 1. The zero-order chi connectivity index (χ0) is 26.8. The largest absolute Gasteiger partial charge is 0.508 e. The number of benzene rings is 2. The van der Waals surface area contributed by atoms with E-state index >= 15 is 0 Å². The fourth-order valence-electron chi connectivity index (χ4n) is 4.26. The Labute approximate surface area is 190 Å². The quantitative estimate of drug-likeness (QED) is 0.600. The molecule has 0 aromatic heterocycles. The van der Waals surface area contributed by atoms with E-state index in [9.17, 15) is 14.7 Å². The van der Waals surface area contributed by atoms with Crippen LogP contribution in [0.5, 0.6) is 5.75 Å². The molecule has 31 heavy (non-hydrogen) atoms. The number of phenolic OH excluding ortho intramolecular Hbond substituents is 1. The number of phenols is 1. The van der Waals surface area contributed by atoms with Gasteiger partial charge in [0.2, 0.25) is 5.91 Å². The summed E-state index contributed by atoms with van der Waals surface area (Å²) in [6.45, 7) is 5.20. The van der Waals surface area contributed by atoms with Gasteiger partial charge in [-0.25, -0.2) is 0 Å². The number of hydrogen-bond donors (Lipinski definition) is 3. The molecule has 6 nitrogen and oxygen atoms in total. The van der Waals surface area contributed by atoms with Crippen LogP contribution >= 0.6 is 0 Å². The number of carbonyl (C=O) groups is 2. The molecule has 3 N–H and O–H groups in total. The molecule has 0 aliphatic carbocycles. The van der Waals surface area contributed by atoms with Gasteiger partial charge in [0.05, 0.1) is 12.8 Å². The first kappa shape index (κ1) is 16.8. The van der Waals surface area contributed by atoms with E-state index in [0.29, 0.717) is 13.1 Å². The predicted molar refractivity (Wildman–Crippen MR) is 120 cm³/mol. The van der Waals surface area contributed by atoms with Crippen molar-refractivity contribution in [2.45, 2.75) is 32.1 Å². The van der Waals surface area contributed by atoms with Crippen molar-refractivity contribution in [3.8, 4) is 5.75 Å². The Morgan fingerprint density at radius 3 is 2.71 bits per heavy atom. The van der Waals surface area contributed by atoms with Gasteiger partial charge in [-0.2, -0.15) is 0 Å². The molecule has 3 rings (SSSR count). The lowest BCUT2D eigenvalue weighted by Gasteiger charge is -2.45. The van der Waals surface area contributed by atoms with Crippen LogP contribution in [0, 0.1) is 11.8 Å². The Balaban J connectivity index is 1.84. The average Bonchev–Trinajstić information content (AvgIpc) is 2.84. The van der Waals surface area contributed by atoms with Crippen molar-refractivity contribution in [3.63, 3.8) is 0 Å². The lowest BCUT2D eigenvalue weighted by molar-refractivity contribution is -0.138. The molecule has 0 saturated carbocycles. The van der Waals surface area contributed by atoms with Gasteiger partial charge in [0.15, 0.2) is 0 Å². The highest BCUT2D eigenvalue weighted by atomic mass is 16.4. The fraction of sp³-hybridized carbons (Fsp3) is 0.440. The van der Waals surface area contributed by atoms with E-state index in [1.54, 1.807) is 12.1 Å². The fourth-order valence-corrected chi connectivity index (χ4v) is 4.26. The Morgan fingerprint density at radius 1 is 1.32 bits per heavy atom. The normalized spacial score (nSPS) is 24.8. The second kappa shape index (κ2) is 9.96. The van der Waals surface area contributed by atoms with Crippen LogP contribution in [-0.2, 0) is 21.4 Å². The van der Waals surface area contributed by atoms with Crippen molar-refractivity contribution in [2.75, 3.05) is 26.2 Å². The van der Waals surface area contributed by atoms with Gasteiger partial charge in [-0.3, -0.25) is 9.59 Å². The van der Waals surface area contributed by atoms with Gasteiger partial charge in [-0.05, 0) is 54.0 Å². The zero-order valence-electron chi connectivity index (χ0n) is 22.9. The Morgan fingerprint density at radius 2 is 2.06 bits per heavy atom. The van der Waals surface area contributed by atoms with Gasteiger partial charge < -0.3 is 20.4 Å². The van der Waals surface area contributed by atoms with Crippen LogP contribution in [0.1, 0.15) is 38.2 Å². The van der Waals surface area contributed by atoms with Gasteiger partial charge in [0.1, 0.15) is 12.3 Å². The predicted octanol–water partition coefficient (Wildman–Crippen LogP) is 3.05. The highest BCUT2D eigenvalue weighted by Gasteiger charge is 2.39. The second-order valence-corrected chi connectivity index (χ2v) is 8.49. The highest BCUT2D eigenvalue weighted by Crippen LogP contribution is 2.40. The van der Waals surface area contributed by atoms with Crippen LogP contribution in [0.15, 0.2) is 54.5 Å². The Kier molecular flexibility index (Phi) is 5.40. The van der Waals surface area contributed by atoms with Gasteiger partial charge in [0, 0.05) is 13.1 Å². The van der Waals surface area contributed by atoms with Gasteiger partial charge in [-0.1, -0.05) is 56.2 Å². The Hall–Kier alpha value is -2.86. The third-order valence-electron chi connectivity index (χ3n) is 6.34. The molecule has 3 atom stereocenters. The minimum absolute atomic E-state index is 0.0335. The van der Waals surface area contributed by atoms with Crippen molar-refractivity contribution in [1.82, 2.24) is 10.2 Å².